The van der Waals surface area contributed by atoms with Crippen LogP contribution in [-0.2, 0) is 20.9 Å². The molecule has 20 heavy (non-hydrogen) atoms. The van der Waals surface area contributed by atoms with Gasteiger partial charge in [0.2, 0.25) is 5.91 Å². The number of ether oxygens (including phenoxy) is 1. The number of rotatable bonds is 6. The van der Waals surface area contributed by atoms with Gasteiger partial charge in [-0.1, -0.05) is 30.3 Å². The summed E-state index contributed by atoms with van der Waals surface area (Å²) in [6.45, 7) is 2.85. The summed E-state index contributed by atoms with van der Waals surface area (Å²) in [4.78, 5) is 25.3. The molecule has 1 aromatic rings. The van der Waals surface area contributed by atoms with Crippen LogP contribution in [0.25, 0.3) is 0 Å². The van der Waals surface area contributed by atoms with Crippen LogP contribution < -0.4 is 0 Å². The first-order valence-electron chi connectivity index (χ1n) is 7.19. The molecule has 0 aromatic heterocycles. The van der Waals surface area contributed by atoms with E-state index >= 15 is 0 Å². The molecule has 0 aliphatic carbocycles. The van der Waals surface area contributed by atoms with E-state index in [9.17, 15) is 9.59 Å². The number of amides is 1. The molecule has 1 amide bonds. The molecule has 0 bridgehead atoms. The number of nitrogens with zero attached hydrogens (tertiary/aromatic N) is 1. The summed E-state index contributed by atoms with van der Waals surface area (Å²) in [7, 11) is 0. The molecule has 0 saturated carbocycles. The van der Waals surface area contributed by atoms with Gasteiger partial charge in [0.25, 0.3) is 0 Å². The topological polar surface area (TPSA) is 46.6 Å². The van der Waals surface area contributed by atoms with Gasteiger partial charge in [-0.3, -0.25) is 9.59 Å². The fourth-order valence-corrected chi connectivity index (χ4v) is 2.61. The molecule has 4 nitrogen and oxygen atoms in total. The Morgan fingerprint density at radius 3 is 2.80 bits per heavy atom. The predicted octanol–water partition coefficient (Wildman–Crippen LogP) is 2.52. The Bertz CT molecular complexity index is 458. The molecular formula is C16H21NO3. The third-order valence-electron chi connectivity index (χ3n) is 3.64. The van der Waals surface area contributed by atoms with E-state index in [0.29, 0.717) is 32.4 Å². The standard InChI is InChI=1S/C16H21NO3/c1-2-20-16(19)11-9-14-8-10-15(18)17(14)12-13-6-4-3-5-7-13/h3-7,14H,2,8-12H2,1H3. The van der Waals surface area contributed by atoms with Gasteiger partial charge in [-0.15, -0.1) is 0 Å². The summed E-state index contributed by atoms with van der Waals surface area (Å²) in [5, 5.41) is 0. The van der Waals surface area contributed by atoms with E-state index < -0.39 is 0 Å². The maximum atomic E-state index is 12.0. The van der Waals surface area contributed by atoms with E-state index in [0.717, 1.165) is 12.0 Å². The summed E-state index contributed by atoms with van der Waals surface area (Å²) >= 11 is 0. The van der Waals surface area contributed by atoms with Crippen LogP contribution in [0.1, 0.15) is 38.2 Å². The van der Waals surface area contributed by atoms with Gasteiger partial charge in [0.15, 0.2) is 0 Å². The van der Waals surface area contributed by atoms with Crippen molar-refractivity contribution in [3.8, 4) is 0 Å². The molecule has 1 unspecified atom stereocenters. The fraction of sp³-hybridized carbons (Fsp3) is 0.500. The number of likely N-dealkylation sites (tertiary alicyclic amines) is 1. The highest BCUT2D eigenvalue weighted by Crippen LogP contribution is 2.24. The minimum Gasteiger partial charge on any atom is -0.466 e. The Hall–Kier alpha value is -1.84. The average molecular weight is 275 g/mol. The molecule has 1 aliphatic heterocycles. The SMILES string of the molecule is CCOC(=O)CCC1CCC(=O)N1Cc1ccccc1. The third-order valence-corrected chi connectivity index (χ3v) is 3.64. The molecule has 108 valence electrons. The van der Waals surface area contributed by atoms with Crippen LogP contribution in [0.3, 0.4) is 0 Å². The van der Waals surface area contributed by atoms with Crippen molar-refractivity contribution >= 4 is 11.9 Å². The fourth-order valence-electron chi connectivity index (χ4n) is 2.61. The van der Waals surface area contributed by atoms with Crippen molar-refractivity contribution in [3.05, 3.63) is 35.9 Å². The van der Waals surface area contributed by atoms with Crippen LogP contribution in [0.2, 0.25) is 0 Å². The van der Waals surface area contributed by atoms with E-state index in [1.54, 1.807) is 6.92 Å². The second kappa shape index (κ2) is 7.08. The van der Waals surface area contributed by atoms with Gasteiger partial charge in [-0.05, 0) is 25.3 Å². The summed E-state index contributed by atoms with van der Waals surface area (Å²) < 4.78 is 4.94. The van der Waals surface area contributed by atoms with Crippen molar-refractivity contribution in [1.29, 1.82) is 0 Å². The zero-order chi connectivity index (χ0) is 14.4. The number of hydrogen-bond donors (Lipinski definition) is 0. The number of esters is 1. The molecule has 1 fully saturated rings. The van der Waals surface area contributed by atoms with E-state index in [2.05, 4.69) is 0 Å². The monoisotopic (exact) mass is 275 g/mol. The van der Waals surface area contributed by atoms with Crippen molar-refractivity contribution in [1.82, 2.24) is 4.90 Å². The maximum absolute atomic E-state index is 12.0. The lowest BCUT2D eigenvalue weighted by atomic mass is 10.1. The molecule has 1 aromatic carbocycles. The van der Waals surface area contributed by atoms with E-state index in [1.165, 1.54) is 0 Å². The quantitative estimate of drug-likeness (QED) is 0.749. The molecule has 0 spiro atoms. The lowest BCUT2D eigenvalue weighted by Crippen LogP contribution is -2.32. The zero-order valence-corrected chi connectivity index (χ0v) is 11.9. The van der Waals surface area contributed by atoms with Crippen LogP contribution in [0.4, 0.5) is 0 Å². The molecule has 1 heterocycles. The smallest absolute Gasteiger partial charge is 0.305 e. The molecule has 1 aliphatic rings. The first-order valence-corrected chi connectivity index (χ1v) is 7.19. The summed E-state index contributed by atoms with van der Waals surface area (Å²) in [6, 6.07) is 10.1. The summed E-state index contributed by atoms with van der Waals surface area (Å²) in [5.41, 5.74) is 1.13. The van der Waals surface area contributed by atoms with Crippen molar-refractivity contribution in [2.24, 2.45) is 0 Å². The molecule has 1 atom stereocenters. The lowest BCUT2D eigenvalue weighted by molar-refractivity contribution is -0.144. The van der Waals surface area contributed by atoms with Gasteiger partial charge in [-0.25, -0.2) is 0 Å². The van der Waals surface area contributed by atoms with E-state index in [4.69, 9.17) is 4.74 Å². The van der Waals surface area contributed by atoms with Gasteiger partial charge in [0.1, 0.15) is 0 Å². The average Bonchev–Trinajstić information content (AvgIpc) is 2.79. The first-order chi connectivity index (χ1) is 9.70. The van der Waals surface area contributed by atoms with Crippen LogP contribution in [0.5, 0.6) is 0 Å². The van der Waals surface area contributed by atoms with Gasteiger partial charge in [0, 0.05) is 25.4 Å². The highest BCUT2D eigenvalue weighted by molar-refractivity contribution is 5.79. The Morgan fingerprint density at radius 1 is 1.35 bits per heavy atom. The van der Waals surface area contributed by atoms with Crippen LogP contribution in [0.15, 0.2) is 30.3 Å². The Balaban J connectivity index is 1.91. The van der Waals surface area contributed by atoms with Gasteiger partial charge < -0.3 is 9.64 Å². The number of hydrogen-bond acceptors (Lipinski definition) is 3. The molecule has 4 heteroatoms. The Morgan fingerprint density at radius 2 is 2.10 bits per heavy atom. The predicted molar refractivity (Wildman–Crippen MR) is 75.9 cm³/mol. The number of benzene rings is 1. The Labute approximate surface area is 119 Å². The summed E-state index contributed by atoms with van der Waals surface area (Å²) in [5.74, 6) is 0.00854. The first kappa shape index (κ1) is 14.6. The molecule has 1 saturated heterocycles. The molecular weight excluding hydrogens is 254 g/mol. The second-order valence-electron chi connectivity index (χ2n) is 5.04. The van der Waals surface area contributed by atoms with Gasteiger partial charge in [-0.2, -0.15) is 0 Å². The highest BCUT2D eigenvalue weighted by atomic mass is 16.5. The van der Waals surface area contributed by atoms with Crippen molar-refractivity contribution in [3.63, 3.8) is 0 Å². The minimum atomic E-state index is -0.175. The maximum Gasteiger partial charge on any atom is 0.305 e. The third kappa shape index (κ3) is 3.83. The number of carbonyl (C=O) groups excluding carboxylic acids is 2. The van der Waals surface area contributed by atoms with Crippen molar-refractivity contribution in [2.75, 3.05) is 6.61 Å². The molecule has 2 rings (SSSR count). The van der Waals surface area contributed by atoms with Gasteiger partial charge >= 0.3 is 5.97 Å². The van der Waals surface area contributed by atoms with Crippen LogP contribution in [-0.4, -0.2) is 29.4 Å². The van der Waals surface area contributed by atoms with Crippen LogP contribution >= 0.6 is 0 Å². The van der Waals surface area contributed by atoms with E-state index in [-0.39, 0.29) is 17.9 Å². The highest BCUT2D eigenvalue weighted by Gasteiger charge is 2.30. The van der Waals surface area contributed by atoms with Crippen molar-refractivity contribution in [2.45, 2.75) is 45.2 Å². The number of carbonyl (C=O) groups is 2. The summed E-state index contributed by atoms with van der Waals surface area (Å²) in [6.07, 6.45) is 2.50. The van der Waals surface area contributed by atoms with Crippen molar-refractivity contribution < 1.29 is 14.3 Å². The van der Waals surface area contributed by atoms with E-state index in [1.807, 2.05) is 35.2 Å². The second-order valence-corrected chi connectivity index (χ2v) is 5.04. The van der Waals surface area contributed by atoms with Gasteiger partial charge in [0.05, 0.1) is 6.61 Å². The molecule has 0 N–H and O–H groups in total. The Kier molecular flexibility index (Phi) is 5.16. The van der Waals surface area contributed by atoms with Crippen LogP contribution in [0, 0.1) is 0 Å². The zero-order valence-electron chi connectivity index (χ0n) is 11.9. The normalized spacial score (nSPS) is 18.4. The minimum absolute atomic E-state index is 0.159. The molecule has 0 radical (unpaired) electrons. The largest absolute Gasteiger partial charge is 0.466 e. The lowest BCUT2D eigenvalue weighted by Gasteiger charge is -2.24.